The van der Waals surface area contributed by atoms with Gasteiger partial charge in [0.25, 0.3) is 0 Å². The van der Waals surface area contributed by atoms with E-state index in [0.29, 0.717) is 37.0 Å². The molecule has 1 aliphatic heterocycles. The first-order chi connectivity index (χ1) is 12.7. The minimum atomic E-state index is -0.0503. The summed E-state index contributed by atoms with van der Waals surface area (Å²) in [5.74, 6) is 3.49. The highest BCUT2D eigenvalue weighted by Crippen LogP contribution is 2.36. The second-order valence-electron chi connectivity index (χ2n) is 6.00. The summed E-state index contributed by atoms with van der Waals surface area (Å²) in [5.41, 5.74) is 0. The summed E-state index contributed by atoms with van der Waals surface area (Å²) < 4.78 is 28.3. The predicted octanol–water partition coefficient (Wildman–Crippen LogP) is 2.90. The van der Waals surface area contributed by atoms with Crippen LogP contribution in [0.3, 0.4) is 0 Å². The third-order valence-electron chi connectivity index (χ3n) is 4.29. The van der Waals surface area contributed by atoms with Crippen molar-refractivity contribution < 1.29 is 23.7 Å². The molecule has 6 nitrogen and oxygen atoms in total. The van der Waals surface area contributed by atoms with Crippen molar-refractivity contribution in [3.63, 3.8) is 0 Å². The SMILES string of the molecule is COc1cccc(OC)c1OCCNC(C)[C@@H]1COc2ccccc2O1. The number of para-hydroxylation sites is 3. The second-order valence-corrected chi connectivity index (χ2v) is 6.00. The van der Waals surface area contributed by atoms with Gasteiger partial charge in [-0.25, -0.2) is 0 Å². The molecule has 0 saturated heterocycles. The maximum Gasteiger partial charge on any atom is 0.203 e. The maximum absolute atomic E-state index is 6.01. The number of methoxy groups -OCH3 is 2. The van der Waals surface area contributed by atoms with Crippen LogP contribution in [0.4, 0.5) is 0 Å². The standard InChI is InChI=1S/C20H25NO5/c1-14(19-13-25-15-7-4-5-8-16(15)26-19)21-11-12-24-20-17(22-2)9-6-10-18(20)23-3/h4-10,14,19,21H,11-13H2,1-3H3/t14?,19-/m0/s1. The Morgan fingerprint density at radius 2 is 1.73 bits per heavy atom. The lowest BCUT2D eigenvalue weighted by Crippen LogP contribution is -2.47. The largest absolute Gasteiger partial charge is 0.493 e. The van der Waals surface area contributed by atoms with Crippen molar-refractivity contribution in [2.24, 2.45) is 0 Å². The molecule has 2 aromatic rings. The predicted molar refractivity (Wildman–Crippen MR) is 98.9 cm³/mol. The molecule has 6 heteroatoms. The van der Waals surface area contributed by atoms with Crippen LogP contribution < -0.4 is 29.0 Å². The van der Waals surface area contributed by atoms with Gasteiger partial charge in [-0.3, -0.25) is 0 Å². The van der Waals surface area contributed by atoms with E-state index in [9.17, 15) is 0 Å². The molecule has 2 atom stereocenters. The molecular formula is C20H25NO5. The van der Waals surface area contributed by atoms with Crippen molar-refractivity contribution >= 4 is 0 Å². The van der Waals surface area contributed by atoms with Crippen LogP contribution in [0.25, 0.3) is 0 Å². The Morgan fingerprint density at radius 1 is 1.04 bits per heavy atom. The molecule has 0 radical (unpaired) electrons. The number of benzene rings is 2. The van der Waals surface area contributed by atoms with E-state index in [2.05, 4.69) is 12.2 Å². The van der Waals surface area contributed by atoms with Crippen LogP contribution >= 0.6 is 0 Å². The number of hydrogen-bond donors (Lipinski definition) is 1. The van der Waals surface area contributed by atoms with E-state index < -0.39 is 0 Å². The molecule has 1 heterocycles. The summed E-state index contributed by atoms with van der Waals surface area (Å²) >= 11 is 0. The van der Waals surface area contributed by atoms with E-state index >= 15 is 0 Å². The lowest BCUT2D eigenvalue weighted by molar-refractivity contribution is 0.0656. The minimum absolute atomic E-state index is 0.0503. The van der Waals surface area contributed by atoms with E-state index in [0.717, 1.165) is 11.5 Å². The van der Waals surface area contributed by atoms with Crippen molar-refractivity contribution in [3.8, 4) is 28.7 Å². The third kappa shape index (κ3) is 4.14. The van der Waals surface area contributed by atoms with Gasteiger partial charge in [0, 0.05) is 12.6 Å². The second kappa shape index (κ2) is 8.67. The Bertz CT molecular complexity index is 699. The van der Waals surface area contributed by atoms with Gasteiger partial charge in [0.1, 0.15) is 19.3 Å². The van der Waals surface area contributed by atoms with Gasteiger partial charge in [-0.15, -0.1) is 0 Å². The monoisotopic (exact) mass is 359 g/mol. The Balaban J connectivity index is 1.49. The molecule has 26 heavy (non-hydrogen) atoms. The normalized spacial score (nSPS) is 16.7. The topological polar surface area (TPSA) is 58.2 Å². The van der Waals surface area contributed by atoms with Crippen molar-refractivity contribution in [2.45, 2.75) is 19.1 Å². The van der Waals surface area contributed by atoms with Gasteiger partial charge >= 0.3 is 0 Å². The van der Waals surface area contributed by atoms with Crippen LogP contribution in [0.5, 0.6) is 28.7 Å². The molecule has 3 rings (SSSR count). The van der Waals surface area contributed by atoms with Crippen LogP contribution in [-0.2, 0) is 0 Å². The lowest BCUT2D eigenvalue weighted by Gasteiger charge is -2.31. The molecule has 0 saturated carbocycles. The fourth-order valence-electron chi connectivity index (χ4n) is 2.81. The molecule has 1 unspecified atom stereocenters. The van der Waals surface area contributed by atoms with Gasteiger partial charge in [0.2, 0.25) is 5.75 Å². The number of fused-ring (bicyclic) bond motifs is 1. The molecule has 0 bridgehead atoms. The van der Waals surface area contributed by atoms with Crippen molar-refractivity contribution in [2.75, 3.05) is 34.0 Å². The maximum atomic E-state index is 6.01. The van der Waals surface area contributed by atoms with Crippen molar-refractivity contribution in [3.05, 3.63) is 42.5 Å². The molecule has 2 aromatic carbocycles. The van der Waals surface area contributed by atoms with Crippen molar-refractivity contribution in [1.82, 2.24) is 5.32 Å². The average Bonchev–Trinajstić information content (AvgIpc) is 2.70. The molecule has 140 valence electrons. The molecule has 1 aliphatic rings. The summed E-state index contributed by atoms with van der Waals surface area (Å²) in [5, 5.41) is 3.42. The smallest absolute Gasteiger partial charge is 0.203 e. The first-order valence-corrected chi connectivity index (χ1v) is 8.68. The molecular weight excluding hydrogens is 334 g/mol. The number of hydrogen-bond acceptors (Lipinski definition) is 6. The molecule has 0 aromatic heterocycles. The number of rotatable bonds is 8. The lowest BCUT2D eigenvalue weighted by atomic mass is 10.1. The summed E-state index contributed by atoms with van der Waals surface area (Å²) in [6, 6.07) is 13.4. The summed E-state index contributed by atoms with van der Waals surface area (Å²) in [6.45, 7) is 3.73. The van der Waals surface area contributed by atoms with Gasteiger partial charge in [0.15, 0.2) is 23.0 Å². The molecule has 0 aliphatic carbocycles. The summed E-state index contributed by atoms with van der Waals surface area (Å²) in [6.07, 6.45) is -0.0503. The summed E-state index contributed by atoms with van der Waals surface area (Å²) in [7, 11) is 3.22. The van der Waals surface area contributed by atoms with Gasteiger partial charge in [-0.05, 0) is 31.2 Å². The zero-order valence-corrected chi connectivity index (χ0v) is 15.4. The highest BCUT2D eigenvalue weighted by atomic mass is 16.6. The Kier molecular flexibility index (Phi) is 6.07. The summed E-state index contributed by atoms with van der Waals surface area (Å²) in [4.78, 5) is 0. The van der Waals surface area contributed by atoms with Crippen LogP contribution in [-0.4, -0.2) is 46.1 Å². The first-order valence-electron chi connectivity index (χ1n) is 8.68. The van der Waals surface area contributed by atoms with Gasteiger partial charge in [0.05, 0.1) is 14.2 Å². The molecule has 0 amide bonds. The Hall–Kier alpha value is -2.60. The van der Waals surface area contributed by atoms with Crippen LogP contribution in [0.2, 0.25) is 0 Å². The Morgan fingerprint density at radius 3 is 2.42 bits per heavy atom. The minimum Gasteiger partial charge on any atom is -0.493 e. The Labute approximate surface area is 154 Å². The highest BCUT2D eigenvalue weighted by Gasteiger charge is 2.25. The molecule has 0 spiro atoms. The van der Waals surface area contributed by atoms with Gasteiger partial charge in [-0.2, -0.15) is 0 Å². The van der Waals surface area contributed by atoms with E-state index in [-0.39, 0.29) is 12.1 Å². The quantitative estimate of drug-likeness (QED) is 0.732. The zero-order valence-electron chi connectivity index (χ0n) is 15.4. The zero-order chi connectivity index (χ0) is 18.4. The van der Waals surface area contributed by atoms with Gasteiger partial charge < -0.3 is 29.0 Å². The average molecular weight is 359 g/mol. The van der Waals surface area contributed by atoms with E-state index in [1.54, 1.807) is 14.2 Å². The fourth-order valence-corrected chi connectivity index (χ4v) is 2.81. The van der Waals surface area contributed by atoms with Crippen LogP contribution in [0, 0.1) is 0 Å². The van der Waals surface area contributed by atoms with E-state index in [1.807, 2.05) is 42.5 Å². The number of nitrogens with one attached hydrogen (secondary N) is 1. The van der Waals surface area contributed by atoms with E-state index in [1.165, 1.54) is 0 Å². The van der Waals surface area contributed by atoms with Crippen LogP contribution in [0.15, 0.2) is 42.5 Å². The first kappa shape index (κ1) is 18.2. The molecule has 1 N–H and O–H groups in total. The van der Waals surface area contributed by atoms with E-state index in [4.69, 9.17) is 23.7 Å². The number of ether oxygens (including phenoxy) is 5. The van der Waals surface area contributed by atoms with Crippen LogP contribution in [0.1, 0.15) is 6.92 Å². The van der Waals surface area contributed by atoms with Gasteiger partial charge in [-0.1, -0.05) is 18.2 Å². The highest BCUT2D eigenvalue weighted by molar-refractivity contribution is 5.51. The third-order valence-corrected chi connectivity index (χ3v) is 4.29. The fraction of sp³-hybridized carbons (Fsp3) is 0.400. The molecule has 0 fully saturated rings. The van der Waals surface area contributed by atoms with Crippen molar-refractivity contribution in [1.29, 1.82) is 0 Å².